The molecular formula is C12H17N3O5. The zero-order chi connectivity index (χ0) is 15.3. The van der Waals surface area contributed by atoms with Crippen LogP contribution < -0.4 is 11.2 Å². The fraction of sp³-hybridized carbons (Fsp3) is 0.583. The molecule has 0 aromatic carbocycles. The van der Waals surface area contributed by atoms with E-state index in [0.29, 0.717) is 19.4 Å². The van der Waals surface area contributed by atoms with Gasteiger partial charge in [0.1, 0.15) is 5.78 Å². The first-order valence-electron chi connectivity index (χ1n) is 6.36. The summed E-state index contributed by atoms with van der Waals surface area (Å²) in [5.41, 5.74) is -2.12. The Bertz CT molecular complexity index is 629. The molecule has 0 amide bonds. The third-order valence-corrected chi connectivity index (χ3v) is 2.79. The molecule has 0 aliphatic heterocycles. The van der Waals surface area contributed by atoms with Gasteiger partial charge < -0.3 is 4.79 Å². The van der Waals surface area contributed by atoms with Crippen LogP contribution in [0.5, 0.6) is 0 Å². The summed E-state index contributed by atoms with van der Waals surface area (Å²) in [4.78, 5) is 44.9. The number of aryl methyl sites for hydroxylation is 1. The monoisotopic (exact) mass is 283 g/mol. The van der Waals surface area contributed by atoms with Crippen LogP contribution in [0.2, 0.25) is 0 Å². The molecule has 0 unspecified atom stereocenters. The fourth-order valence-electron chi connectivity index (χ4n) is 1.85. The highest BCUT2D eigenvalue weighted by Gasteiger charge is 2.19. The molecule has 1 aromatic rings. The van der Waals surface area contributed by atoms with E-state index in [0.717, 1.165) is 15.3 Å². The van der Waals surface area contributed by atoms with Crippen molar-refractivity contribution >= 4 is 11.5 Å². The lowest BCUT2D eigenvalue weighted by atomic mass is 10.2. The molecule has 110 valence electrons. The van der Waals surface area contributed by atoms with Crippen molar-refractivity contribution in [2.45, 2.75) is 46.2 Å². The first-order chi connectivity index (χ1) is 9.38. The third kappa shape index (κ3) is 3.62. The van der Waals surface area contributed by atoms with Gasteiger partial charge >= 0.3 is 16.9 Å². The van der Waals surface area contributed by atoms with Crippen LogP contribution in [0.4, 0.5) is 5.69 Å². The maximum atomic E-state index is 12.0. The normalized spacial score (nSPS) is 10.5. The van der Waals surface area contributed by atoms with Crippen molar-refractivity contribution in [3.63, 3.8) is 0 Å². The summed E-state index contributed by atoms with van der Waals surface area (Å²) in [7, 11) is 0. The number of ketones is 1. The van der Waals surface area contributed by atoms with Crippen LogP contribution in [0.25, 0.3) is 0 Å². The van der Waals surface area contributed by atoms with Crippen LogP contribution in [-0.2, 0) is 17.9 Å². The highest BCUT2D eigenvalue weighted by molar-refractivity contribution is 5.75. The minimum atomic E-state index is -0.920. The number of nitrogens with zero attached hydrogens (tertiary/aromatic N) is 3. The summed E-state index contributed by atoms with van der Waals surface area (Å²) in [6, 6.07) is 0. The van der Waals surface area contributed by atoms with Crippen molar-refractivity contribution in [2.24, 2.45) is 0 Å². The highest BCUT2D eigenvalue weighted by Crippen LogP contribution is 2.02. The Kier molecular flexibility index (Phi) is 5.36. The van der Waals surface area contributed by atoms with Gasteiger partial charge in [0.2, 0.25) is 0 Å². The molecule has 8 nitrogen and oxygen atoms in total. The molecule has 0 radical (unpaired) electrons. The molecule has 0 fully saturated rings. The highest BCUT2D eigenvalue weighted by atomic mass is 16.6. The average molecular weight is 283 g/mol. The Balaban J connectivity index is 3.25. The van der Waals surface area contributed by atoms with Gasteiger partial charge in [-0.2, -0.15) is 0 Å². The van der Waals surface area contributed by atoms with Crippen molar-refractivity contribution < 1.29 is 9.72 Å². The van der Waals surface area contributed by atoms with Crippen molar-refractivity contribution in [1.82, 2.24) is 9.13 Å². The second-order valence-corrected chi connectivity index (χ2v) is 4.51. The standard InChI is InChI=1S/C12H17N3O5/c1-3-6-13-8-10(15(19)20)11(17)14(12(13)18)7-4-5-9(2)16/h8H,3-7H2,1-2H3. The molecule has 8 heteroatoms. The summed E-state index contributed by atoms with van der Waals surface area (Å²) in [5, 5.41) is 10.8. The average Bonchev–Trinajstić information content (AvgIpc) is 2.36. The van der Waals surface area contributed by atoms with E-state index in [4.69, 9.17) is 0 Å². The maximum absolute atomic E-state index is 12.0. The van der Waals surface area contributed by atoms with Crippen LogP contribution in [0, 0.1) is 10.1 Å². The lowest BCUT2D eigenvalue weighted by Gasteiger charge is -2.08. The zero-order valence-corrected chi connectivity index (χ0v) is 11.5. The van der Waals surface area contributed by atoms with Crippen LogP contribution in [0.15, 0.2) is 15.8 Å². The van der Waals surface area contributed by atoms with E-state index in [1.54, 1.807) is 0 Å². The zero-order valence-electron chi connectivity index (χ0n) is 11.5. The van der Waals surface area contributed by atoms with Gasteiger partial charge in [0.05, 0.1) is 11.1 Å². The summed E-state index contributed by atoms with van der Waals surface area (Å²) in [5.74, 6) is -0.0580. The lowest BCUT2D eigenvalue weighted by molar-refractivity contribution is -0.387. The maximum Gasteiger partial charge on any atom is 0.350 e. The van der Waals surface area contributed by atoms with E-state index in [9.17, 15) is 24.5 Å². The minimum absolute atomic E-state index is 0.00262. The smallest absolute Gasteiger partial charge is 0.300 e. The Morgan fingerprint density at radius 3 is 2.50 bits per heavy atom. The quantitative estimate of drug-likeness (QED) is 0.541. The number of carbonyl (C=O) groups excluding carboxylic acids is 1. The van der Waals surface area contributed by atoms with Crippen LogP contribution in [0.1, 0.15) is 33.1 Å². The van der Waals surface area contributed by atoms with Gasteiger partial charge in [0.25, 0.3) is 0 Å². The molecule has 0 saturated carbocycles. The number of aromatic nitrogens is 2. The molecule has 0 spiro atoms. The molecular weight excluding hydrogens is 266 g/mol. The second kappa shape index (κ2) is 6.78. The van der Waals surface area contributed by atoms with Crippen molar-refractivity contribution in [3.05, 3.63) is 37.1 Å². The topological polar surface area (TPSA) is 104 Å². The molecule has 0 aliphatic carbocycles. The Labute approximate surface area is 114 Å². The molecule has 0 aliphatic rings. The predicted octanol–water partition coefficient (Wildman–Crippen LogP) is 0.697. The molecule has 1 heterocycles. The summed E-state index contributed by atoms with van der Waals surface area (Å²) in [6.45, 7) is 3.53. The van der Waals surface area contributed by atoms with E-state index in [-0.39, 0.29) is 18.7 Å². The predicted molar refractivity (Wildman–Crippen MR) is 71.8 cm³/mol. The van der Waals surface area contributed by atoms with E-state index < -0.39 is 21.9 Å². The van der Waals surface area contributed by atoms with Crippen molar-refractivity contribution in [2.75, 3.05) is 0 Å². The van der Waals surface area contributed by atoms with E-state index in [1.807, 2.05) is 6.92 Å². The van der Waals surface area contributed by atoms with Gasteiger partial charge in [-0.1, -0.05) is 6.92 Å². The van der Waals surface area contributed by atoms with Gasteiger partial charge in [-0.15, -0.1) is 0 Å². The third-order valence-electron chi connectivity index (χ3n) is 2.79. The first kappa shape index (κ1) is 15.8. The van der Waals surface area contributed by atoms with E-state index >= 15 is 0 Å². The minimum Gasteiger partial charge on any atom is -0.300 e. The van der Waals surface area contributed by atoms with Crippen molar-refractivity contribution in [3.8, 4) is 0 Å². The van der Waals surface area contributed by atoms with E-state index in [2.05, 4.69) is 0 Å². The van der Waals surface area contributed by atoms with Gasteiger partial charge in [-0.05, 0) is 19.8 Å². The van der Waals surface area contributed by atoms with Crippen molar-refractivity contribution in [1.29, 1.82) is 0 Å². The SMILES string of the molecule is CCCn1cc([N+](=O)[O-])c(=O)n(CCCC(C)=O)c1=O. The number of rotatable bonds is 7. The second-order valence-electron chi connectivity index (χ2n) is 4.51. The molecule has 0 bridgehead atoms. The number of hydrogen-bond donors (Lipinski definition) is 0. The number of hydrogen-bond acceptors (Lipinski definition) is 5. The Morgan fingerprint density at radius 2 is 2.00 bits per heavy atom. The van der Waals surface area contributed by atoms with Gasteiger partial charge in [-0.3, -0.25) is 24.0 Å². The van der Waals surface area contributed by atoms with Gasteiger partial charge in [0, 0.05) is 19.5 Å². The van der Waals surface area contributed by atoms with Crippen LogP contribution in [-0.4, -0.2) is 19.8 Å². The Hall–Kier alpha value is -2.25. The molecule has 0 atom stereocenters. The summed E-state index contributed by atoms with van der Waals surface area (Å²) < 4.78 is 1.99. The molecule has 20 heavy (non-hydrogen) atoms. The molecule has 1 rings (SSSR count). The van der Waals surface area contributed by atoms with Crippen LogP contribution in [0.3, 0.4) is 0 Å². The van der Waals surface area contributed by atoms with Gasteiger partial charge in [0.15, 0.2) is 0 Å². The van der Waals surface area contributed by atoms with E-state index in [1.165, 1.54) is 6.92 Å². The summed E-state index contributed by atoms with van der Waals surface area (Å²) >= 11 is 0. The molecule has 1 aromatic heterocycles. The van der Waals surface area contributed by atoms with Gasteiger partial charge in [-0.25, -0.2) is 4.79 Å². The number of nitro groups is 1. The van der Waals surface area contributed by atoms with Crippen LogP contribution >= 0.6 is 0 Å². The largest absolute Gasteiger partial charge is 0.350 e. The number of Topliss-reactive ketones (excluding diaryl/α,β-unsaturated/α-hetero) is 1. The Morgan fingerprint density at radius 1 is 1.35 bits per heavy atom. The summed E-state index contributed by atoms with van der Waals surface area (Å²) in [6.07, 6.45) is 2.12. The lowest BCUT2D eigenvalue weighted by Crippen LogP contribution is -2.40. The fourth-order valence-corrected chi connectivity index (χ4v) is 1.85. The molecule has 0 N–H and O–H groups in total. The molecule has 0 saturated heterocycles. The first-order valence-corrected chi connectivity index (χ1v) is 6.36. The number of carbonyl (C=O) groups is 1.